The van der Waals surface area contributed by atoms with Crippen LogP contribution in [-0.2, 0) is 9.53 Å². The summed E-state index contributed by atoms with van der Waals surface area (Å²) in [4.78, 5) is 23.7. The lowest BCUT2D eigenvalue weighted by Crippen LogP contribution is -2.30. The summed E-state index contributed by atoms with van der Waals surface area (Å²) >= 11 is 0. The van der Waals surface area contributed by atoms with Crippen molar-refractivity contribution in [2.24, 2.45) is 0 Å². The van der Waals surface area contributed by atoms with Gasteiger partial charge in [0.25, 0.3) is 5.91 Å². The Morgan fingerprint density at radius 2 is 1.75 bits per heavy atom. The van der Waals surface area contributed by atoms with E-state index >= 15 is 0 Å². The molecule has 1 fully saturated rings. The van der Waals surface area contributed by atoms with Crippen molar-refractivity contribution >= 4 is 11.9 Å². The fourth-order valence-electron chi connectivity index (χ4n) is 2.00. The fraction of sp³-hybridized carbons (Fsp3) is 0.556. The topological polar surface area (TPSA) is 73.9 Å². The Balaban J connectivity index is 1.96. The van der Waals surface area contributed by atoms with Gasteiger partial charge in [-0.3, -0.25) is 4.79 Å². The van der Waals surface area contributed by atoms with Gasteiger partial charge in [-0.05, 0) is 43.9 Å². The summed E-state index contributed by atoms with van der Waals surface area (Å²) in [5.74, 6) is 0.302. The van der Waals surface area contributed by atoms with E-state index in [2.05, 4.69) is 5.32 Å². The van der Waals surface area contributed by atoms with Crippen LogP contribution in [0.5, 0.6) is 11.5 Å². The van der Waals surface area contributed by atoms with Gasteiger partial charge in [0.2, 0.25) is 0 Å². The van der Waals surface area contributed by atoms with Gasteiger partial charge >= 0.3 is 5.97 Å². The number of carbonyl (C=O) groups is 2. The zero-order chi connectivity index (χ0) is 17.4. The average molecular weight is 335 g/mol. The molecule has 0 spiro atoms. The third-order valence-corrected chi connectivity index (χ3v) is 3.38. The molecule has 0 saturated heterocycles. The van der Waals surface area contributed by atoms with E-state index in [1.54, 1.807) is 18.2 Å². The molecule has 6 heteroatoms. The van der Waals surface area contributed by atoms with Crippen LogP contribution in [0, 0.1) is 0 Å². The fourth-order valence-corrected chi connectivity index (χ4v) is 2.00. The van der Waals surface area contributed by atoms with Crippen LogP contribution in [0.2, 0.25) is 0 Å². The first kappa shape index (κ1) is 18.1. The third-order valence-electron chi connectivity index (χ3n) is 3.38. The number of ether oxygens (including phenoxy) is 3. The summed E-state index contributed by atoms with van der Waals surface area (Å²) in [6.07, 6.45) is 3.73. The van der Waals surface area contributed by atoms with Crippen LogP contribution >= 0.6 is 0 Å². The Kier molecular flexibility index (Phi) is 6.90. The maximum Gasteiger partial charge on any atom is 0.338 e. The van der Waals surface area contributed by atoms with Gasteiger partial charge in [0, 0.05) is 6.04 Å². The van der Waals surface area contributed by atoms with Gasteiger partial charge < -0.3 is 19.5 Å². The van der Waals surface area contributed by atoms with E-state index in [-0.39, 0.29) is 18.6 Å². The predicted molar refractivity (Wildman–Crippen MR) is 89.5 cm³/mol. The highest BCUT2D eigenvalue weighted by molar-refractivity contribution is 5.92. The van der Waals surface area contributed by atoms with Gasteiger partial charge in [-0.1, -0.05) is 13.8 Å². The zero-order valence-electron chi connectivity index (χ0n) is 14.3. The van der Waals surface area contributed by atoms with Gasteiger partial charge in [-0.15, -0.1) is 0 Å². The molecule has 24 heavy (non-hydrogen) atoms. The number of esters is 1. The first-order chi connectivity index (χ1) is 11.6. The summed E-state index contributed by atoms with van der Waals surface area (Å²) in [6, 6.07) is 5.16. The van der Waals surface area contributed by atoms with E-state index in [1.165, 1.54) is 0 Å². The molecule has 2 rings (SSSR count). The van der Waals surface area contributed by atoms with E-state index in [9.17, 15) is 9.59 Å². The number of nitrogens with one attached hydrogen (secondary N) is 1. The Morgan fingerprint density at radius 1 is 1.08 bits per heavy atom. The average Bonchev–Trinajstić information content (AvgIpc) is 3.40. The van der Waals surface area contributed by atoms with Crippen molar-refractivity contribution < 1.29 is 23.8 Å². The summed E-state index contributed by atoms with van der Waals surface area (Å²) in [7, 11) is 0. The summed E-state index contributed by atoms with van der Waals surface area (Å²) in [5, 5.41) is 2.77. The lowest BCUT2D eigenvalue weighted by atomic mass is 10.2. The second-order valence-electron chi connectivity index (χ2n) is 5.78. The standard InChI is InChI=1S/C18H25NO5/c1-3-9-22-15-8-5-13(11-16(15)23-10-4-2)18(21)24-12-17(20)19-14-6-7-14/h5,8,11,14H,3-4,6-7,9-10,12H2,1-2H3,(H,19,20). The van der Waals surface area contributed by atoms with Crippen molar-refractivity contribution in [1.82, 2.24) is 5.32 Å². The molecule has 0 heterocycles. The highest BCUT2D eigenvalue weighted by atomic mass is 16.5. The van der Waals surface area contributed by atoms with Crippen LogP contribution < -0.4 is 14.8 Å². The molecule has 1 aromatic carbocycles. The molecule has 1 N–H and O–H groups in total. The summed E-state index contributed by atoms with van der Waals surface area (Å²) in [5.41, 5.74) is 0.337. The number of rotatable bonds is 10. The molecule has 1 aliphatic carbocycles. The van der Waals surface area contributed by atoms with Crippen molar-refractivity contribution in [3.8, 4) is 11.5 Å². The van der Waals surface area contributed by atoms with Gasteiger partial charge in [0.05, 0.1) is 18.8 Å². The first-order valence-electron chi connectivity index (χ1n) is 8.50. The summed E-state index contributed by atoms with van der Waals surface area (Å²) < 4.78 is 16.3. The molecule has 0 aromatic heterocycles. The Bertz CT molecular complexity index is 569. The molecule has 0 atom stereocenters. The number of benzene rings is 1. The van der Waals surface area contributed by atoms with Crippen molar-refractivity contribution in [3.05, 3.63) is 23.8 Å². The van der Waals surface area contributed by atoms with E-state index < -0.39 is 5.97 Å². The van der Waals surface area contributed by atoms with E-state index in [4.69, 9.17) is 14.2 Å². The van der Waals surface area contributed by atoms with Crippen molar-refractivity contribution in [2.45, 2.75) is 45.6 Å². The molecule has 1 amide bonds. The minimum absolute atomic E-state index is 0.250. The maximum absolute atomic E-state index is 12.1. The molecular weight excluding hydrogens is 310 g/mol. The Hall–Kier alpha value is -2.24. The Morgan fingerprint density at radius 3 is 2.38 bits per heavy atom. The molecule has 1 aromatic rings. The molecule has 1 aliphatic rings. The summed E-state index contributed by atoms with van der Waals surface area (Å²) in [6.45, 7) is 4.86. The monoisotopic (exact) mass is 335 g/mol. The molecule has 0 unspecified atom stereocenters. The molecular formula is C18H25NO5. The lowest BCUT2D eigenvalue weighted by molar-refractivity contribution is -0.124. The highest BCUT2D eigenvalue weighted by Crippen LogP contribution is 2.29. The molecule has 6 nitrogen and oxygen atoms in total. The largest absolute Gasteiger partial charge is 0.490 e. The lowest BCUT2D eigenvalue weighted by Gasteiger charge is -2.13. The minimum atomic E-state index is -0.552. The Labute approximate surface area is 142 Å². The molecule has 0 radical (unpaired) electrons. The zero-order valence-corrected chi connectivity index (χ0v) is 14.3. The number of hydrogen-bond acceptors (Lipinski definition) is 5. The third kappa shape index (κ3) is 5.76. The smallest absolute Gasteiger partial charge is 0.338 e. The van der Waals surface area contributed by atoms with E-state index in [0.29, 0.717) is 30.3 Å². The van der Waals surface area contributed by atoms with Crippen LogP contribution in [0.25, 0.3) is 0 Å². The quantitative estimate of drug-likeness (QED) is 0.666. The van der Waals surface area contributed by atoms with Crippen LogP contribution in [0.3, 0.4) is 0 Å². The van der Waals surface area contributed by atoms with Gasteiger partial charge in [0.15, 0.2) is 18.1 Å². The van der Waals surface area contributed by atoms with E-state index in [1.807, 2.05) is 13.8 Å². The van der Waals surface area contributed by atoms with Crippen molar-refractivity contribution in [1.29, 1.82) is 0 Å². The number of hydrogen-bond donors (Lipinski definition) is 1. The highest BCUT2D eigenvalue weighted by Gasteiger charge is 2.23. The second kappa shape index (κ2) is 9.15. The first-order valence-corrected chi connectivity index (χ1v) is 8.50. The SMILES string of the molecule is CCCOc1ccc(C(=O)OCC(=O)NC2CC2)cc1OCCC. The van der Waals surface area contributed by atoms with Gasteiger partial charge in [-0.2, -0.15) is 0 Å². The maximum atomic E-state index is 12.1. The second-order valence-corrected chi connectivity index (χ2v) is 5.78. The van der Waals surface area contributed by atoms with Crippen molar-refractivity contribution in [3.63, 3.8) is 0 Å². The van der Waals surface area contributed by atoms with Crippen LogP contribution in [0.1, 0.15) is 49.9 Å². The van der Waals surface area contributed by atoms with Gasteiger partial charge in [0.1, 0.15) is 0 Å². The number of carbonyl (C=O) groups excluding carboxylic acids is 2. The predicted octanol–water partition coefficient (Wildman–Crippen LogP) is 2.70. The molecule has 1 saturated carbocycles. The normalized spacial score (nSPS) is 13.2. The molecule has 132 valence electrons. The molecule has 0 aliphatic heterocycles. The minimum Gasteiger partial charge on any atom is -0.490 e. The van der Waals surface area contributed by atoms with Crippen molar-refractivity contribution in [2.75, 3.05) is 19.8 Å². The number of amides is 1. The van der Waals surface area contributed by atoms with Crippen LogP contribution in [-0.4, -0.2) is 37.7 Å². The van der Waals surface area contributed by atoms with Gasteiger partial charge in [-0.25, -0.2) is 4.79 Å². The van der Waals surface area contributed by atoms with Crippen LogP contribution in [0.4, 0.5) is 0 Å². The van der Waals surface area contributed by atoms with E-state index in [0.717, 1.165) is 25.7 Å². The van der Waals surface area contributed by atoms with Crippen LogP contribution in [0.15, 0.2) is 18.2 Å². The molecule has 0 bridgehead atoms.